The number of anilines is 1. The van der Waals surface area contributed by atoms with Crippen molar-refractivity contribution in [3.8, 4) is 16.9 Å². The van der Waals surface area contributed by atoms with E-state index in [0.29, 0.717) is 26.2 Å². The summed E-state index contributed by atoms with van der Waals surface area (Å²) in [4.78, 5) is 40.9. The minimum absolute atomic E-state index is 0.154. The van der Waals surface area contributed by atoms with Gasteiger partial charge in [0, 0.05) is 75.3 Å². The Morgan fingerprint density at radius 3 is 2.32 bits per heavy atom. The number of nitrogens with zero attached hydrogens (tertiary/aromatic N) is 6. The van der Waals surface area contributed by atoms with Crippen LogP contribution in [0.2, 0.25) is 0 Å². The van der Waals surface area contributed by atoms with E-state index in [4.69, 9.17) is 14.5 Å². The first-order valence-electron chi connectivity index (χ1n) is 19.5. The number of ether oxygens (including phenoxy) is 2. The minimum atomic E-state index is -0.381. The molecule has 0 saturated carbocycles. The molecule has 6 rings (SSSR count). The molecular weight excluding hydrogens is 707 g/mol. The average molecular weight is 762 g/mol. The fraction of sp³-hybridized carbons (Fsp3) is 0.419. The molecule has 296 valence electrons. The average Bonchev–Trinajstić information content (AvgIpc) is 3.64. The van der Waals surface area contributed by atoms with E-state index in [1.165, 1.54) is 5.56 Å². The molecule has 1 saturated heterocycles. The molecule has 0 spiro atoms. The van der Waals surface area contributed by atoms with E-state index < -0.39 is 0 Å². The molecule has 1 aliphatic rings. The first-order chi connectivity index (χ1) is 27.2. The van der Waals surface area contributed by atoms with Gasteiger partial charge in [-0.2, -0.15) is 5.10 Å². The number of amides is 2. The highest BCUT2D eigenvalue weighted by Crippen LogP contribution is 2.33. The van der Waals surface area contributed by atoms with E-state index in [2.05, 4.69) is 88.2 Å². The van der Waals surface area contributed by atoms with Gasteiger partial charge in [0.15, 0.2) is 5.65 Å². The summed E-state index contributed by atoms with van der Waals surface area (Å²) in [6, 6.07) is 19.5. The van der Waals surface area contributed by atoms with Crippen molar-refractivity contribution in [3.05, 3.63) is 101 Å². The van der Waals surface area contributed by atoms with Crippen LogP contribution in [0.5, 0.6) is 5.75 Å². The lowest BCUT2D eigenvalue weighted by Gasteiger charge is -2.26. The predicted octanol–water partition coefficient (Wildman–Crippen LogP) is 5.53. The monoisotopic (exact) mass is 761 g/mol. The third kappa shape index (κ3) is 9.89. The third-order valence-corrected chi connectivity index (χ3v) is 10.2. The number of benzene rings is 2. The zero-order valence-corrected chi connectivity index (χ0v) is 33.5. The first kappa shape index (κ1) is 40.3. The van der Waals surface area contributed by atoms with E-state index in [9.17, 15) is 9.59 Å². The van der Waals surface area contributed by atoms with Crippen LogP contribution in [0.15, 0.2) is 66.9 Å². The van der Waals surface area contributed by atoms with E-state index in [1.807, 2.05) is 36.0 Å². The molecule has 0 radical (unpaired) electrons. The molecule has 4 heterocycles. The number of pyridine rings is 2. The maximum absolute atomic E-state index is 13.6. The van der Waals surface area contributed by atoms with Crippen molar-refractivity contribution in [1.29, 1.82) is 0 Å². The van der Waals surface area contributed by atoms with Gasteiger partial charge >= 0.3 is 0 Å². The summed E-state index contributed by atoms with van der Waals surface area (Å²) in [6.45, 7) is 9.51. The lowest BCUT2D eigenvalue weighted by molar-refractivity contribution is 0.0904. The van der Waals surface area contributed by atoms with Crippen molar-refractivity contribution in [1.82, 2.24) is 40.2 Å². The fourth-order valence-electron chi connectivity index (χ4n) is 7.01. The lowest BCUT2D eigenvalue weighted by atomic mass is 9.99. The fourth-order valence-corrected chi connectivity index (χ4v) is 7.01. The van der Waals surface area contributed by atoms with E-state index in [0.717, 1.165) is 82.9 Å². The largest absolute Gasteiger partial charge is 0.496 e. The number of hydrogen-bond donors (Lipinski definition) is 3. The highest BCUT2D eigenvalue weighted by molar-refractivity contribution is 5.97. The second-order valence-electron chi connectivity index (χ2n) is 14.5. The zero-order valence-electron chi connectivity index (χ0n) is 33.5. The molecule has 0 atom stereocenters. The molecule has 3 aromatic heterocycles. The van der Waals surface area contributed by atoms with Crippen LogP contribution in [0.3, 0.4) is 0 Å². The topological polar surface area (TPSA) is 139 Å². The number of nitrogens with one attached hydrogen (secondary N) is 3. The van der Waals surface area contributed by atoms with E-state index in [-0.39, 0.29) is 42.3 Å². The van der Waals surface area contributed by atoms with Crippen molar-refractivity contribution in [2.45, 2.75) is 65.3 Å². The molecule has 56 heavy (non-hydrogen) atoms. The Morgan fingerprint density at radius 2 is 1.62 bits per heavy atom. The molecule has 1 aliphatic heterocycles. The Hall–Kier alpha value is -5.37. The van der Waals surface area contributed by atoms with Crippen LogP contribution in [0.25, 0.3) is 22.2 Å². The summed E-state index contributed by atoms with van der Waals surface area (Å²) in [5.41, 5.74) is 7.98. The predicted molar refractivity (Wildman–Crippen MR) is 220 cm³/mol. The number of methoxy groups -OCH3 is 1. The molecule has 2 amide bonds. The van der Waals surface area contributed by atoms with Crippen LogP contribution in [-0.2, 0) is 37.3 Å². The third-order valence-electron chi connectivity index (χ3n) is 10.2. The number of hydrogen-bond acceptors (Lipinski definition) is 10. The molecule has 2 aromatic carbocycles. The number of fused-ring (bicyclic) bond motifs is 1. The Morgan fingerprint density at radius 1 is 0.893 bits per heavy atom. The number of aromatic nitrogens is 4. The molecule has 0 unspecified atom stereocenters. The Balaban J connectivity index is 1.13. The molecule has 3 N–H and O–H groups in total. The number of carbonyl (C=O) groups excluding carboxylic acids is 2. The van der Waals surface area contributed by atoms with Crippen molar-refractivity contribution < 1.29 is 19.1 Å². The van der Waals surface area contributed by atoms with Crippen LogP contribution >= 0.6 is 0 Å². The quantitative estimate of drug-likeness (QED) is 0.111. The molecule has 0 aliphatic carbocycles. The molecule has 1 fully saturated rings. The van der Waals surface area contributed by atoms with Crippen molar-refractivity contribution in [3.63, 3.8) is 0 Å². The molecule has 13 heteroatoms. The second kappa shape index (κ2) is 19.0. The molecule has 13 nitrogen and oxygen atoms in total. The second-order valence-corrected chi connectivity index (χ2v) is 14.5. The van der Waals surface area contributed by atoms with Gasteiger partial charge in [-0.05, 0) is 94.4 Å². The van der Waals surface area contributed by atoms with Crippen molar-refractivity contribution in [2.24, 2.45) is 0 Å². The Labute approximate surface area is 329 Å². The van der Waals surface area contributed by atoms with Crippen LogP contribution in [0.1, 0.15) is 70.1 Å². The van der Waals surface area contributed by atoms with Gasteiger partial charge in [-0.3, -0.25) is 9.59 Å². The lowest BCUT2D eigenvalue weighted by Crippen LogP contribution is -2.30. The van der Waals surface area contributed by atoms with Gasteiger partial charge in [0.25, 0.3) is 11.8 Å². The number of likely N-dealkylation sites (N-methyl/N-ethyl adjacent to an activating group) is 2. The van der Waals surface area contributed by atoms with Gasteiger partial charge in [0.2, 0.25) is 0 Å². The van der Waals surface area contributed by atoms with Gasteiger partial charge in [-0.25, -0.2) is 14.6 Å². The summed E-state index contributed by atoms with van der Waals surface area (Å²) >= 11 is 0. The Kier molecular flexibility index (Phi) is 13.7. The Bertz CT molecular complexity index is 2130. The molecular formula is C43H55N9O4. The van der Waals surface area contributed by atoms with Gasteiger partial charge < -0.3 is 35.2 Å². The maximum atomic E-state index is 13.6. The van der Waals surface area contributed by atoms with E-state index in [1.54, 1.807) is 25.3 Å². The molecule has 0 bridgehead atoms. The van der Waals surface area contributed by atoms with Gasteiger partial charge in [0.1, 0.15) is 17.1 Å². The number of rotatable bonds is 17. The van der Waals surface area contributed by atoms with Gasteiger partial charge in [0.05, 0.1) is 24.4 Å². The normalized spacial score (nSPS) is 13.4. The maximum Gasteiger partial charge on any atom is 0.270 e. The van der Waals surface area contributed by atoms with Gasteiger partial charge in [-0.15, -0.1) is 0 Å². The smallest absolute Gasteiger partial charge is 0.270 e. The first-order valence-corrected chi connectivity index (χ1v) is 19.5. The summed E-state index contributed by atoms with van der Waals surface area (Å²) in [5, 5.41) is 15.3. The summed E-state index contributed by atoms with van der Waals surface area (Å²) < 4.78 is 13.2. The van der Waals surface area contributed by atoms with Crippen molar-refractivity contribution >= 4 is 28.5 Å². The van der Waals surface area contributed by atoms with Crippen LogP contribution in [0, 0.1) is 0 Å². The summed E-state index contributed by atoms with van der Waals surface area (Å²) in [6.07, 6.45) is 4.31. The van der Waals surface area contributed by atoms with Crippen LogP contribution < -0.4 is 20.7 Å². The standard InChI is InChI=1S/C43H55N9O4/c1-7-36-34(40(47-32-17-21-56-22-18-32)35-27-46-52(8-2)41(35)49-36)26-45-43(54)38-14-10-13-37(48-38)42(53)44-25-29-15-16-39(55-6)33(24-29)31-12-9-11-30(23-31)28-51(5)20-19-50(3)4/h9-16,23-24,27,32H,7-8,17-22,25-26,28H2,1-6H3,(H,44,53)(H,45,54)(H,47,49). The van der Waals surface area contributed by atoms with Gasteiger partial charge in [-0.1, -0.05) is 37.3 Å². The number of carbonyl (C=O) groups is 2. The molecule has 5 aromatic rings. The van der Waals surface area contributed by atoms with Crippen molar-refractivity contribution in [2.75, 3.05) is 59.9 Å². The SMILES string of the molecule is CCc1nc2c(cnn2CC)c(NC2CCOCC2)c1CNC(=O)c1cccc(C(=O)NCc2ccc(OC)c(-c3cccc(CN(C)CCN(C)C)c3)c2)n1. The minimum Gasteiger partial charge on any atom is -0.496 e. The summed E-state index contributed by atoms with van der Waals surface area (Å²) in [7, 11) is 7.96. The van der Waals surface area contributed by atoms with E-state index >= 15 is 0 Å². The van der Waals surface area contributed by atoms with Crippen LogP contribution in [-0.4, -0.2) is 102 Å². The highest BCUT2D eigenvalue weighted by Gasteiger charge is 2.23. The highest BCUT2D eigenvalue weighted by atomic mass is 16.5. The zero-order chi connectivity index (χ0) is 39.6. The van der Waals surface area contributed by atoms with Crippen LogP contribution in [0.4, 0.5) is 5.69 Å². The number of aryl methyl sites for hydroxylation is 2. The summed E-state index contributed by atoms with van der Waals surface area (Å²) in [5.74, 6) is -0.00424.